The Labute approximate surface area is 112 Å². The van der Waals surface area contributed by atoms with Crippen LogP contribution in [0.5, 0.6) is 5.75 Å². The van der Waals surface area contributed by atoms with Crippen molar-refractivity contribution in [1.29, 1.82) is 0 Å². The quantitative estimate of drug-likeness (QED) is 0.892. The third kappa shape index (κ3) is 3.12. The molecule has 0 saturated carbocycles. The zero-order chi connectivity index (χ0) is 13.8. The summed E-state index contributed by atoms with van der Waals surface area (Å²) in [6.45, 7) is 0.577. The number of nitrogens with zero attached hydrogens (tertiary/aromatic N) is 2. The van der Waals surface area contributed by atoms with Crippen LogP contribution in [0.1, 0.15) is 17.1 Å². The van der Waals surface area contributed by atoms with Crippen molar-refractivity contribution in [3.63, 3.8) is 0 Å². The summed E-state index contributed by atoms with van der Waals surface area (Å²) in [5, 5.41) is 0. The number of benzene rings is 1. The molecular formula is C14H18FN3O. The van der Waals surface area contributed by atoms with Crippen molar-refractivity contribution in [2.45, 2.75) is 12.8 Å². The van der Waals surface area contributed by atoms with Gasteiger partial charge in [0.05, 0.1) is 12.8 Å². The van der Waals surface area contributed by atoms with Gasteiger partial charge in [0.15, 0.2) is 11.6 Å². The maximum Gasteiger partial charge on any atom is 0.165 e. The molecule has 1 heterocycles. The number of hydrogen-bond donors (Lipinski definition) is 1. The molecule has 102 valence electrons. The molecule has 0 saturated heterocycles. The number of aryl methyl sites for hydroxylation is 1. The zero-order valence-electron chi connectivity index (χ0n) is 11.2. The van der Waals surface area contributed by atoms with Crippen LogP contribution in [0.2, 0.25) is 0 Å². The van der Waals surface area contributed by atoms with Gasteiger partial charge in [-0.25, -0.2) is 9.37 Å². The highest BCUT2D eigenvalue weighted by molar-refractivity contribution is 5.31. The Morgan fingerprint density at radius 3 is 2.84 bits per heavy atom. The molecule has 0 bridgehead atoms. The molecule has 2 rings (SSSR count). The minimum Gasteiger partial charge on any atom is -0.494 e. The summed E-state index contributed by atoms with van der Waals surface area (Å²) in [7, 11) is 3.39. The monoisotopic (exact) mass is 263 g/mol. The summed E-state index contributed by atoms with van der Waals surface area (Å²) < 4.78 is 20.5. The Morgan fingerprint density at radius 1 is 1.42 bits per heavy atom. The van der Waals surface area contributed by atoms with Crippen molar-refractivity contribution in [3.8, 4) is 5.75 Å². The Bertz CT molecular complexity index is 566. The number of halogens is 1. The molecule has 0 aliphatic carbocycles. The van der Waals surface area contributed by atoms with E-state index in [2.05, 4.69) is 4.98 Å². The molecule has 1 aromatic heterocycles. The Hall–Kier alpha value is -1.88. The summed E-state index contributed by atoms with van der Waals surface area (Å²) in [6.07, 6.45) is 3.30. The standard InChI is InChI=1S/C14H18FN3O/c1-18-9-11(5-6-16)17-14(18)8-10-3-4-13(19-2)12(15)7-10/h3-4,7,9H,5-6,8,16H2,1-2H3. The van der Waals surface area contributed by atoms with Gasteiger partial charge in [-0.1, -0.05) is 6.07 Å². The summed E-state index contributed by atoms with van der Waals surface area (Å²) >= 11 is 0. The van der Waals surface area contributed by atoms with Gasteiger partial charge in [0.1, 0.15) is 5.82 Å². The molecular weight excluding hydrogens is 245 g/mol. The van der Waals surface area contributed by atoms with Crippen LogP contribution in [0.4, 0.5) is 4.39 Å². The molecule has 0 radical (unpaired) electrons. The molecule has 0 fully saturated rings. The fraction of sp³-hybridized carbons (Fsp3) is 0.357. The first-order valence-corrected chi connectivity index (χ1v) is 6.17. The molecule has 1 aromatic carbocycles. The van der Waals surface area contributed by atoms with Crippen molar-refractivity contribution in [2.75, 3.05) is 13.7 Å². The second-order valence-corrected chi connectivity index (χ2v) is 4.44. The molecule has 0 unspecified atom stereocenters. The fourth-order valence-electron chi connectivity index (χ4n) is 2.01. The van der Waals surface area contributed by atoms with E-state index < -0.39 is 0 Å². The second-order valence-electron chi connectivity index (χ2n) is 4.44. The first kappa shape index (κ1) is 13.5. The van der Waals surface area contributed by atoms with Crippen molar-refractivity contribution in [1.82, 2.24) is 9.55 Å². The molecule has 4 nitrogen and oxygen atoms in total. The fourth-order valence-corrected chi connectivity index (χ4v) is 2.01. The smallest absolute Gasteiger partial charge is 0.165 e. The average molecular weight is 263 g/mol. The van der Waals surface area contributed by atoms with E-state index in [1.165, 1.54) is 13.2 Å². The maximum atomic E-state index is 13.6. The second kappa shape index (κ2) is 5.84. The third-order valence-electron chi connectivity index (χ3n) is 3.00. The van der Waals surface area contributed by atoms with Crippen LogP contribution >= 0.6 is 0 Å². The molecule has 2 aromatic rings. The van der Waals surface area contributed by atoms with Gasteiger partial charge in [0, 0.05) is 26.1 Å². The number of ether oxygens (including phenoxy) is 1. The van der Waals surface area contributed by atoms with E-state index in [1.807, 2.05) is 23.9 Å². The van der Waals surface area contributed by atoms with E-state index in [0.717, 1.165) is 23.5 Å². The lowest BCUT2D eigenvalue weighted by molar-refractivity contribution is 0.386. The van der Waals surface area contributed by atoms with Crippen molar-refractivity contribution < 1.29 is 9.13 Å². The number of aromatic nitrogens is 2. The Morgan fingerprint density at radius 2 is 2.21 bits per heavy atom. The number of hydrogen-bond acceptors (Lipinski definition) is 3. The van der Waals surface area contributed by atoms with E-state index in [0.29, 0.717) is 13.0 Å². The normalized spacial score (nSPS) is 10.7. The van der Waals surface area contributed by atoms with Gasteiger partial charge in [0.25, 0.3) is 0 Å². The molecule has 19 heavy (non-hydrogen) atoms. The molecule has 5 heteroatoms. The highest BCUT2D eigenvalue weighted by Crippen LogP contribution is 2.19. The zero-order valence-corrected chi connectivity index (χ0v) is 11.2. The molecule has 0 aliphatic heterocycles. The van der Waals surface area contributed by atoms with Crippen LogP contribution in [0.3, 0.4) is 0 Å². The van der Waals surface area contributed by atoms with Crippen molar-refractivity contribution >= 4 is 0 Å². The first-order valence-electron chi connectivity index (χ1n) is 6.17. The Balaban J connectivity index is 2.18. The van der Waals surface area contributed by atoms with Crippen LogP contribution in [-0.4, -0.2) is 23.2 Å². The van der Waals surface area contributed by atoms with Gasteiger partial charge in [-0.15, -0.1) is 0 Å². The van der Waals surface area contributed by atoms with Crippen LogP contribution in [0.15, 0.2) is 24.4 Å². The topological polar surface area (TPSA) is 53.1 Å². The van der Waals surface area contributed by atoms with Gasteiger partial charge in [-0.2, -0.15) is 0 Å². The minimum atomic E-state index is -0.351. The van der Waals surface area contributed by atoms with Gasteiger partial charge < -0.3 is 15.0 Å². The number of imidazole rings is 1. The van der Waals surface area contributed by atoms with E-state index in [4.69, 9.17) is 10.5 Å². The number of nitrogens with two attached hydrogens (primary N) is 1. The van der Waals surface area contributed by atoms with Crippen LogP contribution in [0.25, 0.3) is 0 Å². The molecule has 2 N–H and O–H groups in total. The van der Waals surface area contributed by atoms with Crippen LogP contribution in [0, 0.1) is 5.82 Å². The first-order chi connectivity index (χ1) is 9.13. The van der Waals surface area contributed by atoms with Gasteiger partial charge in [-0.3, -0.25) is 0 Å². The SMILES string of the molecule is COc1ccc(Cc2nc(CCN)cn2C)cc1F. The van der Waals surface area contributed by atoms with Gasteiger partial charge in [0.2, 0.25) is 0 Å². The minimum absolute atomic E-state index is 0.257. The van der Waals surface area contributed by atoms with E-state index in [-0.39, 0.29) is 11.6 Å². The average Bonchev–Trinajstić information content (AvgIpc) is 2.70. The number of methoxy groups -OCH3 is 1. The molecule has 0 atom stereocenters. The predicted octanol–water partition coefficient (Wildman–Crippen LogP) is 1.66. The van der Waals surface area contributed by atoms with Crippen LogP contribution < -0.4 is 10.5 Å². The summed E-state index contributed by atoms with van der Waals surface area (Å²) in [4.78, 5) is 4.50. The van der Waals surface area contributed by atoms with Crippen LogP contribution in [-0.2, 0) is 19.9 Å². The highest BCUT2D eigenvalue weighted by Gasteiger charge is 2.08. The molecule has 0 aliphatic rings. The lowest BCUT2D eigenvalue weighted by Gasteiger charge is -2.05. The summed E-state index contributed by atoms with van der Waals surface area (Å²) in [6, 6.07) is 4.96. The molecule has 0 amide bonds. The van der Waals surface area contributed by atoms with Crippen molar-refractivity contribution in [3.05, 3.63) is 47.3 Å². The summed E-state index contributed by atoms with van der Waals surface area (Å²) in [5.41, 5.74) is 7.35. The third-order valence-corrected chi connectivity index (χ3v) is 3.00. The van der Waals surface area contributed by atoms with Gasteiger partial charge in [-0.05, 0) is 24.2 Å². The lowest BCUT2D eigenvalue weighted by atomic mass is 10.1. The van der Waals surface area contributed by atoms with E-state index in [9.17, 15) is 4.39 Å². The largest absolute Gasteiger partial charge is 0.494 e. The predicted molar refractivity (Wildman–Crippen MR) is 71.7 cm³/mol. The van der Waals surface area contributed by atoms with Gasteiger partial charge >= 0.3 is 0 Å². The molecule has 0 spiro atoms. The highest BCUT2D eigenvalue weighted by atomic mass is 19.1. The Kier molecular flexibility index (Phi) is 4.16. The summed E-state index contributed by atoms with van der Waals surface area (Å²) in [5.74, 6) is 0.803. The van der Waals surface area contributed by atoms with Crippen molar-refractivity contribution in [2.24, 2.45) is 12.8 Å². The maximum absolute atomic E-state index is 13.6. The lowest BCUT2D eigenvalue weighted by Crippen LogP contribution is -2.03. The number of rotatable bonds is 5. The van der Waals surface area contributed by atoms with E-state index in [1.54, 1.807) is 6.07 Å². The van der Waals surface area contributed by atoms with E-state index >= 15 is 0 Å².